The van der Waals surface area contributed by atoms with Crippen molar-refractivity contribution in [3.8, 4) is 0 Å². The molecule has 1 N–H and O–H groups in total. The van der Waals surface area contributed by atoms with Gasteiger partial charge in [-0.3, -0.25) is 4.79 Å². The highest BCUT2D eigenvalue weighted by molar-refractivity contribution is 5.85. The van der Waals surface area contributed by atoms with Crippen molar-refractivity contribution in [3.63, 3.8) is 0 Å². The number of ether oxygens (including phenoxy) is 1. The van der Waals surface area contributed by atoms with Gasteiger partial charge in [0.05, 0.1) is 0 Å². The SMILES string of the molecule is CC1(C(=O)N2C[C@@H]3CCN[C@@H]3C2)CCCO1. The average Bonchev–Trinajstić information content (AvgIpc) is 2.90. The molecule has 16 heavy (non-hydrogen) atoms. The van der Waals surface area contributed by atoms with Crippen LogP contribution >= 0.6 is 0 Å². The molecule has 0 radical (unpaired) electrons. The van der Waals surface area contributed by atoms with Gasteiger partial charge in [0.1, 0.15) is 5.60 Å². The summed E-state index contributed by atoms with van der Waals surface area (Å²) in [6.45, 7) is 5.61. The summed E-state index contributed by atoms with van der Waals surface area (Å²) in [4.78, 5) is 14.4. The fourth-order valence-corrected chi connectivity index (χ4v) is 3.30. The summed E-state index contributed by atoms with van der Waals surface area (Å²) in [6.07, 6.45) is 3.11. The number of carbonyl (C=O) groups is 1. The lowest BCUT2D eigenvalue weighted by Gasteiger charge is -2.28. The van der Waals surface area contributed by atoms with Crippen LogP contribution in [0.5, 0.6) is 0 Å². The van der Waals surface area contributed by atoms with Crippen molar-refractivity contribution >= 4 is 5.91 Å². The van der Waals surface area contributed by atoms with E-state index in [2.05, 4.69) is 5.32 Å². The number of amides is 1. The van der Waals surface area contributed by atoms with E-state index < -0.39 is 5.60 Å². The molecule has 0 aromatic carbocycles. The monoisotopic (exact) mass is 224 g/mol. The van der Waals surface area contributed by atoms with Crippen molar-refractivity contribution in [1.29, 1.82) is 0 Å². The van der Waals surface area contributed by atoms with Crippen LogP contribution in [0.15, 0.2) is 0 Å². The molecular weight excluding hydrogens is 204 g/mol. The van der Waals surface area contributed by atoms with Gasteiger partial charge in [-0.05, 0) is 38.6 Å². The number of fused-ring (bicyclic) bond motifs is 1. The molecule has 3 fully saturated rings. The van der Waals surface area contributed by atoms with Gasteiger partial charge in [0.15, 0.2) is 0 Å². The van der Waals surface area contributed by atoms with Crippen LogP contribution in [-0.2, 0) is 9.53 Å². The Kier molecular flexibility index (Phi) is 2.44. The van der Waals surface area contributed by atoms with Crippen LogP contribution in [0.25, 0.3) is 0 Å². The highest BCUT2D eigenvalue weighted by atomic mass is 16.5. The smallest absolute Gasteiger partial charge is 0.254 e. The second-order valence-corrected chi connectivity index (χ2v) is 5.50. The number of hydrogen-bond donors (Lipinski definition) is 1. The van der Waals surface area contributed by atoms with Crippen LogP contribution in [0, 0.1) is 5.92 Å². The Morgan fingerprint density at radius 2 is 2.38 bits per heavy atom. The van der Waals surface area contributed by atoms with E-state index in [0.29, 0.717) is 12.0 Å². The minimum atomic E-state index is -0.529. The van der Waals surface area contributed by atoms with Gasteiger partial charge in [0, 0.05) is 25.7 Å². The van der Waals surface area contributed by atoms with Crippen LogP contribution in [0.4, 0.5) is 0 Å². The number of rotatable bonds is 1. The molecule has 0 saturated carbocycles. The van der Waals surface area contributed by atoms with Crippen LogP contribution < -0.4 is 5.32 Å². The average molecular weight is 224 g/mol. The highest BCUT2D eigenvalue weighted by Crippen LogP contribution is 2.31. The zero-order valence-electron chi connectivity index (χ0n) is 9.87. The Balaban J connectivity index is 1.68. The molecule has 0 aliphatic carbocycles. The van der Waals surface area contributed by atoms with Crippen LogP contribution in [0.3, 0.4) is 0 Å². The lowest BCUT2D eigenvalue weighted by molar-refractivity contribution is -0.150. The topological polar surface area (TPSA) is 41.6 Å². The maximum atomic E-state index is 12.4. The molecule has 3 saturated heterocycles. The molecule has 0 aromatic heterocycles. The van der Waals surface area contributed by atoms with E-state index in [1.165, 1.54) is 6.42 Å². The van der Waals surface area contributed by atoms with E-state index in [-0.39, 0.29) is 5.91 Å². The van der Waals surface area contributed by atoms with Gasteiger partial charge >= 0.3 is 0 Å². The van der Waals surface area contributed by atoms with E-state index >= 15 is 0 Å². The highest BCUT2D eigenvalue weighted by Gasteiger charge is 2.45. The molecule has 3 aliphatic rings. The second kappa shape index (κ2) is 3.70. The maximum absolute atomic E-state index is 12.4. The van der Waals surface area contributed by atoms with Gasteiger partial charge in [-0.1, -0.05) is 0 Å². The molecule has 90 valence electrons. The standard InChI is InChI=1S/C12H20N2O2/c1-12(4-2-6-16-12)11(15)14-7-9-3-5-13-10(9)8-14/h9-10,13H,2-8H2,1H3/t9-,10+,12?/m0/s1. The summed E-state index contributed by atoms with van der Waals surface area (Å²) in [7, 11) is 0. The normalized spacial score (nSPS) is 42.7. The first-order valence-electron chi connectivity index (χ1n) is 6.36. The Morgan fingerprint density at radius 1 is 1.50 bits per heavy atom. The molecule has 0 spiro atoms. The number of nitrogens with one attached hydrogen (secondary N) is 1. The zero-order valence-corrected chi connectivity index (χ0v) is 9.87. The first-order chi connectivity index (χ1) is 7.69. The van der Waals surface area contributed by atoms with Crippen molar-refractivity contribution in [2.45, 2.75) is 37.8 Å². The van der Waals surface area contributed by atoms with Crippen molar-refractivity contribution in [3.05, 3.63) is 0 Å². The molecule has 4 heteroatoms. The number of carbonyl (C=O) groups excluding carboxylic acids is 1. The Morgan fingerprint density at radius 3 is 3.06 bits per heavy atom. The minimum Gasteiger partial charge on any atom is -0.365 e. The molecule has 1 unspecified atom stereocenters. The number of hydrogen-bond acceptors (Lipinski definition) is 3. The van der Waals surface area contributed by atoms with Gasteiger partial charge in [0.25, 0.3) is 5.91 Å². The lowest BCUT2D eigenvalue weighted by atomic mass is 10.0. The van der Waals surface area contributed by atoms with E-state index in [9.17, 15) is 4.79 Å². The molecule has 1 amide bonds. The van der Waals surface area contributed by atoms with Gasteiger partial charge in [-0.25, -0.2) is 0 Å². The quantitative estimate of drug-likeness (QED) is 0.700. The molecule has 3 rings (SSSR count). The summed E-state index contributed by atoms with van der Waals surface area (Å²) in [6, 6.07) is 0.536. The molecule has 4 nitrogen and oxygen atoms in total. The number of nitrogens with zero attached hydrogens (tertiary/aromatic N) is 1. The summed E-state index contributed by atoms with van der Waals surface area (Å²) >= 11 is 0. The minimum absolute atomic E-state index is 0.209. The predicted octanol–water partition coefficient (Wildman–Crippen LogP) is 0.376. The van der Waals surface area contributed by atoms with Gasteiger partial charge in [0.2, 0.25) is 0 Å². The van der Waals surface area contributed by atoms with Gasteiger partial charge in [-0.2, -0.15) is 0 Å². The van der Waals surface area contributed by atoms with Crippen molar-refractivity contribution < 1.29 is 9.53 Å². The summed E-state index contributed by atoms with van der Waals surface area (Å²) in [5, 5.41) is 3.47. The Bertz CT molecular complexity index is 287. The van der Waals surface area contributed by atoms with E-state index in [0.717, 1.165) is 39.1 Å². The van der Waals surface area contributed by atoms with Crippen LogP contribution in [0.2, 0.25) is 0 Å². The third kappa shape index (κ3) is 1.55. The van der Waals surface area contributed by atoms with E-state index in [1.54, 1.807) is 0 Å². The summed E-state index contributed by atoms with van der Waals surface area (Å²) < 4.78 is 5.63. The molecule has 3 heterocycles. The maximum Gasteiger partial charge on any atom is 0.254 e. The van der Waals surface area contributed by atoms with E-state index in [4.69, 9.17) is 4.74 Å². The van der Waals surface area contributed by atoms with Crippen molar-refractivity contribution in [2.24, 2.45) is 5.92 Å². The summed E-state index contributed by atoms with van der Waals surface area (Å²) in [5.74, 6) is 0.884. The van der Waals surface area contributed by atoms with Gasteiger partial charge < -0.3 is 15.0 Å². The third-order valence-corrected chi connectivity index (χ3v) is 4.32. The van der Waals surface area contributed by atoms with Crippen LogP contribution in [0.1, 0.15) is 26.2 Å². The Hall–Kier alpha value is -0.610. The van der Waals surface area contributed by atoms with E-state index in [1.807, 2.05) is 11.8 Å². The lowest BCUT2D eigenvalue weighted by Crippen LogP contribution is -2.47. The van der Waals surface area contributed by atoms with Gasteiger partial charge in [-0.15, -0.1) is 0 Å². The zero-order chi connectivity index (χ0) is 11.2. The molecule has 0 aromatic rings. The third-order valence-electron chi connectivity index (χ3n) is 4.32. The second-order valence-electron chi connectivity index (χ2n) is 5.50. The molecular formula is C12H20N2O2. The molecule has 0 bridgehead atoms. The summed E-state index contributed by atoms with van der Waals surface area (Å²) in [5.41, 5.74) is -0.529. The molecule has 3 atom stereocenters. The predicted molar refractivity (Wildman–Crippen MR) is 60.1 cm³/mol. The molecule has 3 aliphatic heterocycles. The number of likely N-dealkylation sites (tertiary alicyclic amines) is 1. The van der Waals surface area contributed by atoms with Crippen molar-refractivity contribution in [2.75, 3.05) is 26.2 Å². The largest absolute Gasteiger partial charge is 0.365 e. The van der Waals surface area contributed by atoms with Crippen molar-refractivity contribution in [1.82, 2.24) is 10.2 Å². The Labute approximate surface area is 96.3 Å². The first kappa shape index (κ1) is 10.5. The fourth-order valence-electron chi connectivity index (χ4n) is 3.30. The first-order valence-corrected chi connectivity index (χ1v) is 6.36. The van der Waals surface area contributed by atoms with Crippen LogP contribution in [-0.4, -0.2) is 48.7 Å². The fraction of sp³-hybridized carbons (Fsp3) is 0.917.